The van der Waals surface area contributed by atoms with Crippen LogP contribution in [0, 0.1) is 0 Å². The lowest BCUT2D eigenvalue weighted by atomic mass is 10.2. The third-order valence-corrected chi connectivity index (χ3v) is 4.53. The van der Waals surface area contributed by atoms with E-state index >= 15 is 0 Å². The number of nitrogen functional groups attached to an aromatic ring is 1. The van der Waals surface area contributed by atoms with Gasteiger partial charge in [0.1, 0.15) is 0 Å². The Labute approximate surface area is 109 Å². The van der Waals surface area contributed by atoms with E-state index in [4.69, 9.17) is 5.73 Å². The van der Waals surface area contributed by atoms with Crippen molar-refractivity contribution in [3.8, 4) is 0 Å². The number of nitrogens with two attached hydrogens (primary N) is 1. The number of rotatable bonds is 2. The molecule has 0 amide bonds. The molecule has 1 saturated heterocycles. The van der Waals surface area contributed by atoms with Gasteiger partial charge in [0.15, 0.2) is 9.84 Å². The first-order valence-corrected chi connectivity index (χ1v) is 8.22. The predicted octanol–water partition coefficient (Wildman–Crippen LogP) is 2.05. The van der Waals surface area contributed by atoms with E-state index in [1.165, 1.54) is 31.9 Å². The second-order valence-corrected chi connectivity index (χ2v) is 6.88. The first kappa shape index (κ1) is 13.2. The van der Waals surface area contributed by atoms with E-state index in [-0.39, 0.29) is 4.90 Å². The summed E-state index contributed by atoms with van der Waals surface area (Å²) in [7, 11) is -3.23. The van der Waals surface area contributed by atoms with Crippen LogP contribution in [0.4, 0.5) is 11.4 Å². The number of nitrogens with zero attached hydrogens (tertiary/aromatic N) is 1. The molecule has 1 aromatic carbocycles. The number of sulfone groups is 1. The van der Waals surface area contributed by atoms with Crippen LogP contribution in [0.5, 0.6) is 0 Å². The molecule has 2 rings (SSSR count). The molecule has 18 heavy (non-hydrogen) atoms. The molecule has 5 heteroatoms. The number of anilines is 2. The fraction of sp³-hybridized carbons (Fsp3) is 0.538. The zero-order valence-corrected chi connectivity index (χ0v) is 11.5. The average molecular weight is 268 g/mol. The van der Waals surface area contributed by atoms with Crippen LogP contribution >= 0.6 is 0 Å². The maximum Gasteiger partial charge on any atom is 0.177 e. The van der Waals surface area contributed by atoms with E-state index in [0.29, 0.717) is 5.69 Å². The van der Waals surface area contributed by atoms with Crippen LogP contribution in [-0.4, -0.2) is 27.8 Å². The second-order valence-electron chi connectivity index (χ2n) is 4.90. The van der Waals surface area contributed by atoms with Gasteiger partial charge in [-0.05, 0) is 31.0 Å². The third-order valence-electron chi connectivity index (χ3n) is 3.36. The number of benzene rings is 1. The molecular weight excluding hydrogens is 248 g/mol. The van der Waals surface area contributed by atoms with Crippen molar-refractivity contribution in [3.05, 3.63) is 18.2 Å². The van der Waals surface area contributed by atoms with Crippen molar-refractivity contribution in [2.45, 2.75) is 30.6 Å². The fourth-order valence-electron chi connectivity index (χ4n) is 2.40. The van der Waals surface area contributed by atoms with Gasteiger partial charge in [0.2, 0.25) is 0 Å². The summed E-state index contributed by atoms with van der Waals surface area (Å²) in [6.45, 7) is 2.05. The molecule has 0 unspecified atom stereocenters. The Morgan fingerprint density at radius 1 is 1.11 bits per heavy atom. The average Bonchev–Trinajstić information content (AvgIpc) is 2.55. The monoisotopic (exact) mass is 268 g/mol. The minimum atomic E-state index is -3.23. The van der Waals surface area contributed by atoms with Crippen molar-refractivity contribution in [2.75, 3.05) is 30.0 Å². The normalized spacial score (nSPS) is 17.5. The molecule has 2 N–H and O–H groups in total. The van der Waals surface area contributed by atoms with Crippen molar-refractivity contribution in [3.63, 3.8) is 0 Å². The Morgan fingerprint density at radius 2 is 1.72 bits per heavy atom. The molecule has 1 aliphatic rings. The number of hydrogen-bond acceptors (Lipinski definition) is 4. The van der Waals surface area contributed by atoms with Gasteiger partial charge in [0.25, 0.3) is 0 Å². The van der Waals surface area contributed by atoms with Crippen molar-refractivity contribution < 1.29 is 8.42 Å². The molecule has 0 spiro atoms. The van der Waals surface area contributed by atoms with Crippen molar-refractivity contribution >= 4 is 21.2 Å². The summed E-state index contributed by atoms with van der Waals surface area (Å²) in [5, 5.41) is 0. The topological polar surface area (TPSA) is 63.4 Å². The van der Waals surface area contributed by atoms with Crippen molar-refractivity contribution in [1.29, 1.82) is 0 Å². The summed E-state index contributed by atoms with van der Waals surface area (Å²) in [5.74, 6) is 0. The summed E-state index contributed by atoms with van der Waals surface area (Å²) in [4.78, 5) is 2.51. The lowest BCUT2D eigenvalue weighted by Crippen LogP contribution is -2.24. The van der Waals surface area contributed by atoms with Crippen LogP contribution in [0.25, 0.3) is 0 Å². The molecule has 1 fully saturated rings. The second kappa shape index (κ2) is 5.18. The smallest absolute Gasteiger partial charge is 0.177 e. The van der Waals surface area contributed by atoms with Gasteiger partial charge < -0.3 is 10.6 Å². The molecule has 0 aromatic heterocycles. The first-order valence-electron chi connectivity index (χ1n) is 6.33. The summed E-state index contributed by atoms with van der Waals surface area (Å²) >= 11 is 0. The quantitative estimate of drug-likeness (QED) is 0.834. The molecule has 0 saturated carbocycles. The highest BCUT2D eigenvalue weighted by Gasteiger charge is 2.15. The van der Waals surface area contributed by atoms with Crippen LogP contribution in [0.1, 0.15) is 25.7 Å². The van der Waals surface area contributed by atoms with Gasteiger partial charge in [-0.25, -0.2) is 8.42 Å². The summed E-state index contributed by atoms with van der Waals surface area (Å²) in [5.41, 5.74) is 7.22. The summed E-state index contributed by atoms with van der Waals surface area (Å²) in [6.07, 6.45) is 6.10. The summed E-state index contributed by atoms with van der Waals surface area (Å²) in [6, 6.07) is 5.25. The third kappa shape index (κ3) is 2.96. The van der Waals surface area contributed by atoms with E-state index in [1.54, 1.807) is 12.1 Å². The van der Waals surface area contributed by atoms with Crippen LogP contribution in [0.15, 0.2) is 23.1 Å². The minimum Gasteiger partial charge on any atom is -0.398 e. The largest absolute Gasteiger partial charge is 0.398 e. The maximum absolute atomic E-state index is 11.5. The van der Waals surface area contributed by atoms with Gasteiger partial charge in [-0.3, -0.25) is 0 Å². The van der Waals surface area contributed by atoms with Gasteiger partial charge in [-0.2, -0.15) is 0 Å². The Morgan fingerprint density at radius 3 is 2.22 bits per heavy atom. The Kier molecular flexibility index (Phi) is 3.80. The van der Waals surface area contributed by atoms with Gasteiger partial charge in [0.05, 0.1) is 10.6 Å². The minimum absolute atomic E-state index is 0.223. The molecule has 1 aromatic rings. The Hall–Kier alpha value is -1.23. The van der Waals surface area contributed by atoms with Crippen LogP contribution < -0.4 is 10.6 Å². The highest BCUT2D eigenvalue weighted by molar-refractivity contribution is 7.90. The fourth-order valence-corrected chi connectivity index (χ4v) is 3.20. The lowest BCUT2D eigenvalue weighted by molar-refractivity contribution is 0.602. The molecule has 0 atom stereocenters. The molecular formula is C13H20N2O2S. The molecule has 1 aliphatic heterocycles. The van der Waals surface area contributed by atoms with Crippen LogP contribution in [0.3, 0.4) is 0 Å². The molecule has 0 bridgehead atoms. The van der Waals surface area contributed by atoms with Crippen LogP contribution in [0.2, 0.25) is 0 Å². The highest BCUT2D eigenvalue weighted by Crippen LogP contribution is 2.26. The lowest BCUT2D eigenvalue weighted by Gasteiger charge is -2.23. The van der Waals surface area contributed by atoms with Crippen molar-refractivity contribution in [1.82, 2.24) is 0 Å². The molecule has 1 heterocycles. The molecule has 100 valence electrons. The van der Waals surface area contributed by atoms with Gasteiger partial charge in [0, 0.05) is 25.0 Å². The highest BCUT2D eigenvalue weighted by atomic mass is 32.2. The van der Waals surface area contributed by atoms with Gasteiger partial charge >= 0.3 is 0 Å². The Balaban J connectivity index is 2.28. The van der Waals surface area contributed by atoms with E-state index in [0.717, 1.165) is 18.8 Å². The van der Waals surface area contributed by atoms with E-state index in [2.05, 4.69) is 4.90 Å². The SMILES string of the molecule is CS(=O)(=O)c1ccc(N2CCCCCC2)cc1N. The Bertz CT molecular complexity index is 518. The van der Waals surface area contributed by atoms with E-state index in [9.17, 15) is 8.42 Å². The zero-order valence-electron chi connectivity index (χ0n) is 10.7. The zero-order chi connectivity index (χ0) is 13.2. The molecule has 0 radical (unpaired) electrons. The van der Waals surface area contributed by atoms with E-state index < -0.39 is 9.84 Å². The number of hydrogen-bond donors (Lipinski definition) is 1. The van der Waals surface area contributed by atoms with E-state index in [1.807, 2.05) is 6.07 Å². The van der Waals surface area contributed by atoms with Gasteiger partial charge in [-0.1, -0.05) is 12.8 Å². The summed E-state index contributed by atoms with van der Waals surface area (Å²) < 4.78 is 23.0. The van der Waals surface area contributed by atoms with Crippen molar-refractivity contribution in [2.24, 2.45) is 0 Å². The molecule has 4 nitrogen and oxygen atoms in total. The van der Waals surface area contributed by atoms with Crippen LogP contribution in [-0.2, 0) is 9.84 Å². The predicted molar refractivity (Wildman–Crippen MR) is 74.6 cm³/mol. The maximum atomic E-state index is 11.5. The first-order chi connectivity index (χ1) is 8.48. The van der Waals surface area contributed by atoms with Gasteiger partial charge in [-0.15, -0.1) is 0 Å². The standard InChI is InChI=1S/C13H20N2O2S/c1-18(16,17)13-7-6-11(10-12(13)14)15-8-4-2-3-5-9-15/h6-7,10H,2-5,8-9,14H2,1H3. The molecule has 0 aliphatic carbocycles.